The summed E-state index contributed by atoms with van der Waals surface area (Å²) in [6.07, 6.45) is 1.59. The van der Waals surface area contributed by atoms with Crippen molar-refractivity contribution in [2.75, 3.05) is 0 Å². The van der Waals surface area contributed by atoms with Gasteiger partial charge in [-0.25, -0.2) is 4.39 Å². The zero-order valence-electron chi connectivity index (χ0n) is 9.79. The number of rotatable bonds is 0. The van der Waals surface area contributed by atoms with Crippen LogP contribution in [0.25, 0.3) is 21.7 Å². The molecule has 3 rings (SSSR count). The predicted octanol–water partition coefficient (Wildman–Crippen LogP) is 3.53. The molecule has 0 amide bonds. The molecule has 0 aliphatic carbocycles. The van der Waals surface area contributed by atoms with Gasteiger partial charge >= 0.3 is 0 Å². The summed E-state index contributed by atoms with van der Waals surface area (Å²) in [5, 5.41) is 1.78. The number of fused-ring (bicyclic) bond motifs is 3. The van der Waals surface area contributed by atoms with Gasteiger partial charge in [-0.1, -0.05) is 24.2 Å². The van der Waals surface area contributed by atoms with Gasteiger partial charge in [0.2, 0.25) is 0 Å². The van der Waals surface area contributed by atoms with Crippen molar-refractivity contribution in [3.05, 3.63) is 54.4 Å². The first kappa shape index (κ1) is 6.51. The lowest BCUT2D eigenvalue weighted by molar-refractivity contribution is 0.630. The highest BCUT2D eigenvalue weighted by atomic mass is 19.1. The number of halogens is 1. The van der Waals surface area contributed by atoms with E-state index in [0.29, 0.717) is 27.7 Å². The normalized spacial score (nSPS) is 12.9. The molecule has 0 saturated heterocycles. The third kappa shape index (κ3) is 1.26. The van der Waals surface area contributed by atoms with Crippen molar-refractivity contribution in [3.8, 4) is 0 Å². The van der Waals surface area contributed by atoms with Gasteiger partial charge in [0.1, 0.15) is 5.82 Å². The molecule has 0 unspecified atom stereocenters. The van der Waals surface area contributed by atoms with Gasteiger partial charge in [-0.05, 0) is 23.6 Å². The van der Waals surface area contributed by atoms with Gasteiger partial charge in [0.25, 0.3) is 0 Å². The Labute approximate surface area is 89.0 Å². The van der Waals surface area contributed by atoms with Gasteiger partial charge in [0.15, 0.2) is 0 Å². The van der Waals surface area contributed by atoms with Crippen LogP contribution in [0.3, 0.4) is 0 Å². The van der Waals surface area contributed by atoms with E-state index >= 15 is 0 Å². The van der Waals surface area contributed by atoms with Gasteiger partial charge in [-0.15, -0.1) is 0 Å². The molecule has 0 radical (unpaired) electrons. The second kappa shape index (κ2) is 3.02. The van der Waals surface area contributed by atoms with E-state index in [1.807, 2.05) is 0 Å². The van der Waals surface area contributed by atoms with E-state index < -0.39 is 5.82 Å². The minimum absolute atomic E-state index is 0.161. The van der Waals surface area contributed by atoms with E-state index in [1.54, 1.807) is 30.5 Å². The van der Waals surface area contributed by atoms with E-state index in [0.717, 1.165) is 0 Å². The van der Waals surface area contributed by atoms with Crippen LogP contribution in [0.15, 0.2) is 48.6 Å². The molecule has 3 aromatic rings. The molecule has 0 aliphatic heterocycles. The van der Waals surface area contributed by atoms with Crippen molar-refractivity contribution >= 4 is 21.7 Å². The third-order valence-electron chi connectivity index (χ3n) is 2.37. The smallest absolute Gasteiger partial charge is 0.123 e. The number of nitrogens with zero attached hydrogens (tertiary/aromatic N) is 1. The summed E-state index contributed by atoms with van der Waals surface area (Å²) in [5.41, 5.74) is 0.513. The Kier molecular flexibility index (Phi) is 1.31. The largest absolute Gasteiger partial charge is 0.256 e. The Morgan fingerprint density at radius 2 is 2.07 bits per heavy atom. The summed E-state index contributed by atoms with van der Waals surface area (Å²) < 4.78 is 29.1. The fraction of sp³-hybridized carbons (Fsp3) is 0. The highest BCUT2D eigenvalue weighted by molar-refractivity contribution is 6.04. The van der Waals surface area contributed by atoms with Gasteiger partial charge in [-0.3, -0.25) is 4.98 Å². The molecule has 0 spiro atoms. The Balaban J connectivity index is 2.66. The van der Waals surface area contributed by atoms with Gasteiger partial charge in [-0.2, -0.15) is 0 Å². The first-order chi connectivity index (χ1) is 8.18. The molecule has 0 fully saturated rings. The number of pyridine rings is 1. The molecule has 2 aromatic carbocycles. The number of benzene rings is 2. The number of hydrogen-bond acceptors (Lipinski definition) is 1. The van der Waals surface area contributed by atoms with Crippen LogP contribution in [0.2, 0.25) is 0 Å². The number of hydrogen-bond donors (Lipinski definition) is 0. The molecule has 2 heteroatoms. The molecule has 0 bridgehead atoms. The van der Waals surface area contributed by atoms with Crippen molar-refractivity contribution in [1.82, 2.24) is 4.98 Å². The van der Waals surface area contributed by atoms with E-state index in [9.17, 15) is 4.39 Å². The molecule has 0 aliphatic rings. The lowest BCUT2D eigenvalue weighted by Crippen LogP contribution is -1.82. The summed E-state index contributed by atoms with van der Waals surface area (Å²) in [7, 11) is 0. The van der Waals surface area contributed by atoms with Crippen molar-refractivity contribution in [3.63, 3.8) is 0 Å². The molecular formula is C13H8FN. The minimum Gasteiger partial charge on any atom is -0.256 e. The lowest BCUT2D eigenvalue weighted by atomic mass is 10.1. The SMILES string of the molecule is [2H]c1cc2ccc(F)c([2H])c2c2ncccc12. The molecule has 0 atom stereocenters. The van der Waals surface area contributed by atoms with Gasteiger partial charge in [0, 0.05) is 17.0 Å². The first-order valence-electron chi connectivity index (χ1n) is 5.61. The lowest BCUT2D eigenvalue weighted by Gasteiger charge is -2.02. The summed E-state index contributed by atoms with van der Waals surface area (Å²) in [5.74, 6) is -0.567. The molecule has 1 aromatic heterocycles. The van der Waals surface area contributed by atoms with Crippen molar-refractivity contribution in [2.45, 2.75) is 0 Å². The van der Waals surface area contributed by atoms with Crippen LogP contribution in [0.5, 0.6) is 0 Å². The first-order valence-corrected chi connectivity index (χ1v) is 4.61. The van der Waals surface area contributed by atoms with Crippen molar-refractivity contribution in [1.29, 1.82) is 0 Å². The topological polar surface area (TPSA) is 12.9 Å². The fourth-order valence-electron chi connectivity index (χ4n) is 1.67. The third-order valence-corrected chi connectivity index (χ3v) is 2.37. The van der Waals surface area contributed by atoms with Crippen LogP contribution < -0.4 is 0 Å². The Hall–Kier alpha value is -1.96. The average Bonchev–Trinajstić information content (AvgIpc) is 2.34. The van der Waals surface area contributed by atoms with Crippen LogP contribution >= 0.6 is 0 Å². The van der Waals surface area contributed by atoms with Crippen LogP contribution in [-0.4, -0.2) is 4.98 Å². The maximum atomic E-state index is 13.4. The molecule has 1 nitrogen and oxygen atoms in total. The maximum absolute atomic E-state index is 13.4. The highest BCUT2D eigenvalue weighted by Gasteiger charge is 2.01. The summed E-state index contributed by atoms with van der Waals surface area (Å²) in [6, 6.07) is 8.13. The van der Waals surface area contributed by atoms with Crippen molar-refractivity contribution < 1.29 is 7.13 Å². The molecule has 72 valence electrons. The van der Waals surface area contributed by atoms with Gasteiger partial charge in [0.05, 0.1) is 8.26 Å². The highest BCUT2D eigenvalue weighted by Crippen LogP contribution is 2.23. The average molecular weight is 199 g/mol. The van der Waals surface area contributed by atoms with E-state index in [-0.39, 0.29) is 6.04 Å². The van der Waals surface area contributed by atoms with Crippen LogP contribution in [-0.2, 0) is 0 Å². The van der Waals surface area contributed by atoms with Gasteiger partial charge < -0.3 is 0 Å². The Bertz CT molecular complexity index is 740. The molecule has 1 heterocycles. The number of aromatic nitrogens is 1. The molecular weight excluding hydrogens is 189 g/mol. The monoisotopic (exact) mass is 199 g/mol. The van der Waals surface area contributed by atoms with E-state index in [2.05, 4.69) is 4.98 Å². The summed E-state index contributed by atoms with van der Waals surface area (Å²) >= 11 is 0. The van der Waals surface area contributed by atoms with E-state index in [1.165, 1.54) is 6.07 Å². The summed E-state index contributed by atoms with van der Waals surface area (Å²) in [4.78, 5) is 4.17. The standard InChI is InChI=1S/C13H8FN/c14-11-6-5-9-3-4-10-2-1-7-15-13(10)12(9)8-11/h1-8H/i4D,8D. The molecule has 0 saturated carbocycles. The van der Waals surface area contributed by atoms with Crippen LogP contribution in [0.4, 0.5) is 4.39 Å². The minimum atomic E-state index is -0.567. The second-order valence-electron chi connectivity index (χ2n) is 3.32. The van der Waals surface area contributed by atoms with Crippen LogP contribution in [0.1, 0.15) is 2.74 Å². The fourth-order valence-corrected chi connectivity index (χ4v) is 1.67. The Morgan fingerprint density at radius 3 is 3.00 bits per heavy atom. The quantitative estimate of drug-likeness (QED) is 0.505. The second-order valence-corrected chi connectivity index (χ2v) is 3.32. The Morgan fingerprint density at radius 1 is 1.13 bits per heavy atom. The maximum Gasteiger partial charge on any atom is 0.123 e. The zero-order valence-corrected chi connectivity index (χ0v) is 7.79. The van der Waals surface area contributed by atoms with Crippen LogP contribution in [0, 0.1) is 5.82 Å². The zero-order chi connectivity index (χ0) is 12.0. The van der Waals surface area contributed by atoms with Crippen molar-refractivity contribution in [2.24, 2.45) is 0 Å². The molecule has 15 heavy (non-hydrogen) atoms. The molecule has 0 N–H and O–H groups in total. The van der Waals surface area contributed by atoms with E-state index in [4.69, 9.17) is 2.74 Å². The predicted molar refractivity (Wildman–Crippen MR) is 59.2 cm³/mol. The summed E-state index contributed by atoms with van der Waals surface area (Å²) in [6.45, 7) is 0.